The van der Waals surface area contributed by atoms with Gasteiger partial charge in [0.2, 0.25) is 5.91 Å². The van der Waals surface area contributed by atoms with Crippen molar-refractivity contribution in [3.05, 3.63) is 42.5 Å². The zero-order valence-corrected chi connectivity index (χ0v) is 15.4. The maximum absolute atomic E-state index is 12.6. The van der Waals surface area contributed by atoms with E-state index >= 15 is 0 Å². The van der Waals surface area contributed by atoms with E-state index in [-0.39, 0.29) is 16.1 Å². The average Bonchev–Trinajstić information content (AvgIpc) is 2.70. The van der Waals surface area contributed by atoms with E-state index in [0.717, 1.165) is 4.90 Å². The van der Waals surface area contributed by atoms with Gasteiger partial charge in [0.1, 0.15) is 5.75 Å². The van der Waals surface area contributed by atoms with Crippen LogP contribution in [0.1, 0.15) is 13.3 Å². The van der Waals surface area contributed by atoms with Gasteiger partial charge >= 0.3 is 0 Å². The van der Waals surface area contributed by atoms with E-state index < -0.39 is 10.0 Å². The van der Waals surface area contributed by atoms with E-state index in [2.05, 4.69) is 10.0 Å². The maximum Gasteiger partial charge on any atom is 0.261 e. The zero-order chi connectivity index (χ0) is 18.0. The standard InChI is InChI=1S/C17H18N2O4S2/c1-11-9-17(20)18-15-10-14(7-8-16(15)24-11)25(21,22)19-12-3-5-13(23-2)6-4-12/h3-8,10-11,19H,9H2,1-2H3,(H,18,20)/t11-/m0/s1. The first-order chi connectivity index (χ1) is 11.9. The molecular weight excluding hydrogens is 360 g/mol. The molecule has 2 N–H and O–H groups in total. The number of nitrogens with one attached hydrogen (secondary N) is 2. The summed E-state index contributed by atoms with van der Waals surface area (Å²) in [5, 5.41) is 2.92. The molecule has 0 saturated carbocycles. The van der Waals surface area contributed by atoms with Crippen LogP contribution in [-0.4, -0.2) is 26.7 Å². The predicted molar refractivity (Wildman–Crippen MR) is 98.8 cm³/mol. The van der Waals surface area contributed by atoms with Crippen LogP contribution in [-0.2, 0) is 14.8 Å². The topological polar surface area (TPSA) is 84.5 Å². The highest BCUT2D eigenvalue weighted by atomic mass is 32.2. The Bertz CT molecular complexity index is 895. The highest BCUT2D eigenvalue weighted by Gasteiger charge is 2.22. The van der Waals surface area contributed by atoms with Crippen molar-refractivity contribution in [2.24, 2.45) is 0 Å². The van der Waals surface area contributed by atoms with Crippen molar-refractivity contribution in [2.45, 2.75) is 28.4 Å². The van der Waals surface area contributed by atoms with Gasteiger partial charge in [-0.3, -0.25) is 9.52 Å². The minimum Gasteiger partial charge on any atom is -0.497 e. The molecule has 1 aliphatic rings. The zero-order valence-electron chi connectivity index (χ0n) is 13.8. The molecule has 1 heterocycles. The Morgan fingerprint density at radius 2 is 1.92 bits per heavy atom. The van der Waals surface area contributed by atoms with Crippen molar-refractivity contribution in [1.29, 1.82) is 0 Å². The fraction of sp³-hybridized carbons (Fsp3) is 0.235. The fourth-order valence-electron chi connectivity index (χ4n) is 2.47. The third-order valence-corrected chi connectivity index (χ3v) is 6.24. The molecule has 8 heteroatoms. The number of benzene rings is 2. The molecule has 132 valence electrons. The number of thioether (sulfide) groups is 1. The summed E-state index contributed by atoms with van der Waals surface area (Å²) in [6, 6.07) is 11.4. The molecule has 0 bridgehead atoms. The summed E-state index contributed by atoms with van der Waals surface area (Å²) in [5.74, 6) is 0.526. The van der Waals surface area contributed by atoms with Crippen molar-refractivity contribution < 1.29 is 17.9 Å². The quantitative estimate of drug-likeness (QED) is 0.853. The summed E-state index contributed by atoms with van der Waals surface area (Å²) >= 11 is 1.55. The molecule has 0 aliphatic carbocycles. The Labute approximate surface area is 151 Å². The Hall–Kier alpha value is -2.19. The molecule has 2 aromatic rings. The number of ether oxygens (including phenoxy) is 1. The van der Waals surface area contributed by atoms with Gasteiger partial charge in [-0.1, -0.05) is 6.92 Å². The summed E-state index contributed by atoms with van der Waals surface area (Å²) in [5.41, 5.74) is 0.958. The van der Waals surface area contributed by atoms with E-state index in [1.165, 1.54) is 6.07 Å². The number of sulfonamides is 1. The van der Waals surface area contributed by atoms with Crippen LogP contribution in [0.3, 0.4) is 0 Å². The first-order valence-corrected chi connectivity index (χ1v) is 10.0. The monoisotopic (exact) mass is 378 g/mol. The molecule has 0 unspecified atom stereocenters. The number of carbonyl (C=O) groups excluding carboxylic acids is 1. The van der Waals surface area contributed by atoms with Crippen LogP contribution >= 0.6 is 11.8 Å². The number of hydrogen-bond acceptors (Lipinski definition) is 5. The Morgan fingerprint density at radius 1 is 1.20 bits per heavy atom. The lowest BCUT2D eigenvalue weighted by molar-refractivity contribution is -0.116. The van der Waals surface area contributed by atoms with Crippen molar-refractivity contribution in [1.82, 2.24) is 0 Å². The maximum atomic E-state index is 12.6. The van der Waals surface area contributed by atoms with Crippen molar-refractivity contribution >= 4 is 39.1 Å². The lowest BCUT2D eigenvalue weighted by Crippen LogP contribution is -2.15. The highest BCUT2D eigenvalue weighted by Crippen LogP contribution is 2.36. The molecular formula is C17H18N2O4S2. The van der Waals surface area contributed by atoms with E-state index in [1.807, 2.05) is 6.92 Å². The summed E-state index contributed by atoms with van der Waals surface area (Å²) in [6.45, 7) is 1.97. The third-order valence-electron chi connectivity index (χ3n) is 3.68. The van der Waals surface area contributed by atoms with Crippen molar-refractivity contribution in [3.63, 3.8) is 0 Å². The Balaban J connectivity index is 1.88. The molecule has 0 radical (unpaired) electrons. The van der Waals surface area contributed by atoms with Crippen LogP contribution in [0.5, 0.6) is 5.75 Å². The van der Waals surface area contributed by atoms with E-state index in [0.29, 0.717) is 23.5 Å². The van der Waals surface area contributed by atoms with E-state index in [4.69, 9.17) is 4.74 Å². The largest absolute Gasteiger partial charge is 0.497 e. The number of methoxy groups -OCH3 is 1. The van der Waals surface area contributed by atoms with Crippen LogP contribution < -0.4 is 14.8 Å². The Morgan fingerprint density at radius 3 is 2.60 bits per heavy atom. The lowest BCUT2D eigenvalue weighted by atomic mass is 10.3. The van der Waals surface area contributed by atoms with Crippen molar-refractivity contribution in [3.8, 4) is 5.75 Å². The van der Waals surface area contributed by atoms with E-state index in [9.17, 15) is 13.2 Å². The molecule has 2 aromatic carbocycles. The second-order valence-electron chi connectivity index (χ2n) is 5.67. The minimum atomic E-state index is -3.76. The van der Waals surface area contributed by atoms with Gasteiger partial charge < -0.3 is 10.1 Å². The first-order valence-electron chi connectivity index (χ1n) is 7.65. The summed E-state index contributed by atoms with van der Waals surface area (Å²) < 4.78 is 32.8. The van der Waals surface area contributed by atoms with Crippen LogP contribution in [0.2, 0.25) is 0 Å². The Kier molecular flexibility index (Phi) is 4.91. The van der Waals surface area contributed by atoms with Gasteiger partial charge in [0.25, 0.3) is 10.0 Å². The molecule has 0 fully saturated rings. The SMILES string of the molecule is COc1ccc(NS(=O)(=O)c2ccc3c(c2)NC(=O)C[C@H](C)S3)cc1. The second kappa shape index (κ2) is 6.97. The predicted octanol–water partition coefficient (Wildman–Crippen LogP) is 3.32. The van der Waals surface area contributed by atoms with Crippen LogP contribution in [0, 0.1) is 0 Å². The van der Waals surface area contributed by atoms with Crippen molar-refractivity contribution in [2.75, 3.05) is 17.1 Å². The lowest BCUT2D eigenvalue weighted by Gasteiger charge is -2.12. The van der Waals surface area contributed by atoms with Gasteiger partial charge in [-0.15, -0.1) is 11.8 Å². The molecule has 1 aliphatic heterocycles. The molecule has 0 saturated heterocycles. The smallest absolute Gasteiger partial charge is 0.261 e. The molecule has 1 atom stereocenters. The number of rotatable bonds is 4. The van der Waals surface area contributed by atoms with Gasteiger partial charge in [-0.05, 0) is 42.5 Å². The van der Waals surface area contributed by atoms with Crippen LogP contribution in [0.4, 0.5) is 11.4 Å². The molecule has 6 nitrogen and oxygen atoms in total. The van der Waals surface area contributed by atoms with E-state index in [1.54, 1.807) is 55.3 Å². The third kappa shape index (κ3) is 4.08. The molecule has 1 amide bonds. The van der Waals surface area contributed by atoms with Gasteiger partial charge in [-0.2, -0.15) is 0 Å². The number of amides is 1. The molecule has 3 rings (SSSR count). The van der Waals surface area contributed by atoms with Crippen LogP contribution in [0.25, 0.3) is 0 Å². The van der Waals surface area contributed by atoms with Gasteiger partial charge in [0, 0.05) is 22.3 Å². The number of carbonyl (C=O) groups is 1. The normalized spacial score (nSPS) is 17.2. The molecule has 25 heavy (non-hydrogen) atoms. The van der Waals surface area contributed by atoms with Gasteiger partial charge in [0.15, 0.2) is 0 Å². The minimum absolute atomic E-state index is 0.0949. The number of fused-ring (bicyclic) bond motifs is 1. The first kappa shape index (κ1) is 17.6. The van der Waals surface area contributed by atoms with Gasteiger partial charge in [0.05, 0.1) is 17.7 Å². The summed E-state index contributed by atoms with van der Waals surface area (Å²) in [7, 11) is -2.22. The summed E-state index contributed by atoms with van der Waals surface area (Å²) in [6.07, 6.45) is 0.394. The molecule has 0 spiro atoms. The second-order valence-corrected chi connectivity index (χ2v) is 8.84. The number of anilines is 2. The molecule has 0 aromatic heterocycles. The summed E-state index contributed by atoms with van der Waals surface area (Å²) in [4.78, 5) is 12.8. The number of hydrogen-bond donors (Lipinski definition) is 2. The fourth-order valence-corrected chi connectivity index (χ4v) is 4.61. The highest BCUT2D eigenvalue weighted by molar-refractivity contribution is 8.00. The average molecular weight is 378 g/mol. The van der Waals surface area contributed by atoms with Gasteiger partial charge in [-0.25, -0.2) is 8.42 Å². The van der Waals surface area contributed by atoms with Crippen LogP contribution in [0.15, 0.2) is 52.3 Å².